The van der Waals surface area contributed by atoms with E-state index in [0.717, 1.165) is 47.5 Å². The smallest absolute Gasteiger partial charge is 0.313 e. The summed E-state index contributed by atoms with van der Waals surface area (Å²) in [4.78, 5) is 27.3. The maximum absolute atomic E-state index is 12.7. The summed E-state index contributed by atoms with van der Waals surface area (Å²) in [6.45, 7) is 6.17. The summed E-state index contributed by atoms with van der Waals surface area (Å²) in [5.74, 6) is 0.776. The Morgan fingerprint density at radius 3 is 2.74 bits per heavy atom. The Labute approximate surface area is 201 Å². The molecule has 0 aromatic heterocycles. The molecule has 6 heteroatoms. The zero-order valence-corrected chi connectivity index (χ0v) is 20.1. The fourth-order valence-corrected chi connectivity index (χ4v) is 5.06. The predicted molar refractivity (Wildman–Crippen MR) is 133 cm³/mol. The molecule has 1 aliphatic carbocycles. The number of carbonyl (C=O) groups is 2. The van der Waals surface area contributed by atoms with E-state index in [1.165, 1.54) is 0 Å². The van der Waals surface area contributed by atoms with Crippen LogP contribution < -0.4 is 10.1 Å². The third kappa shape index (κ3) is 5.50. The first-order valence-corrected chi connectivity index (χ1v) is 11.9. The van der Waals surface area contributed by atoms with E-state index >= 15 is 0 Å². The van der Waals surface area contributed by atoms with E-state index in [2.05, 4.69) is 16.8 Å². The van der Waals surface area contributed by atoms with Crippen LogP contribution in [0.3, 0.4) is 0 Å². The maximum atomic E-state index is 12.7. The van der Waals surface area contributed by atoms with Crippen molar-refractivity contribution in [2.24, 2.45) is 11.3 Å². The molecule has 2 aromatic carbocycles. The Hall–Kier alpha value is -3.12. The fourth-order valence-electron chi connectivity index (χ4n) is 5.06. The number of ether oxygens (including phenoxy) is 2. The third-order valence-corrected chi connectivity index (χ3v) is 6.79. The molecule has 1 saturated carbocycles. The molecule has 6 nitrogen and oxygen atoms in total. The van der Waals surface area contributed by atoms with Crippen molar-refractivity contribution in [1.29, 1.82) is 0 Å². The molecule has 4 rings (SSSR count). The Morgan fingerprint density at radius 1 is 1.21 bits per heavy atom. The van der Waals surface area contributed by atoms with Crippen LogP contribution >= 0.6 is 0 Å². The fraction of sp³-hybridized carbons (Fsp3) is 0.429. The maximum Gasteiger partial charge on any atom is 0.313 e. The number of benzene rings is 2. The Balaban J connectivity index is 1.33. The van der Waals surface area contributed by atoms with E-state index in [0.29, 0.717) is 26.1 Å². The van der Waals surface area contributed by atoms with Crippen molar-refractivity contribution in [3.05, 3.63) is 71.8 Å². The first-order chi connectivity index (χ1) is 16.4. The van der Waals surface area contributed by atoms with Crippen molar-refractivity contribution in [2.75, 3.05) is 39.2 Å². The average Bonchev–Trinajstić information content (AvgIpc) is 3.27. The van der Waals surface area contributed by atoms with Gasteiger partial charge in [0.15, 0.2) is 0 Å². The van der Waals surface area contributed by atoms with Gasteiger partial charge in [-0.05, 0) is 63.5 Å². The standard InChI is InChI=1S/C28H34N2O4/c1-20-15-23-19-34-27(32)28(23,17-20)18-21-9-11-24(12-10-21)29-26(31)16-22-7-4-5-8-25(22)33-14-6-13-30(2)3/h4-5,7-12,23H,1,6,13-19H2,2-3H3,(H,29,31). The molecular weight excluding hydrogens is 428 g/mol. The van der Waals surface area contributed by atoms with E-state index in [1.807, 2.05) is 62.6 Å². The summed E-state index contributed by atoms with van der Waals surface area (Å²) in [6.07, 6.45) is 3.37. The summed E-state index contributed by atoms with van der Waals surface area (Å²) < 4.78 is 11.3. The molecule has 0 radical (unpaired) electrons. The number of hydrogen-bond donors (Lipinski definition) is 1. The first kappa shape index (κ1) is 24.0. The number of nitrogens with one attached hydrogen (secondary N) is 1. The molecule has 0 spiro atoms. The van der Waals surface area contributed by atoms with Crippen LogP contribution in [0.2, 0.25) is 0 Å². The summed E-state index contributed by atoms with van der Waals surface area (Å²) in [5, 5.41) is 2.97. The van der Waals surface area contributed by atoms with Crippen LogP contribution in [0.1, 0.15) is 30.4 Å². The molecule has 1 amide bonds. The van der Waals surface area contributed by atoms with E-state index < -0.39 is 5.41 Å². The third-order valence-electron chi connectivity index (χ3n) is 6.79. The molecule has 1 N–H and O–H groups in total. The molecule has 2 fully saturated rings. The van der Waals surface area contributed by atoms with E-state index in [4.69, 9.17) is 9.47 Å². The van der Waals surface area contributed by atoms with Crippen LogP contribution in [-0.2, 0) is 27.2 Å². The molecule has 2 atom stereocenters. The molecule has 1 heterocycles. The van der Waals surface area contributed by atoms with Crippen molar-refractivity contribution in [3.8, 4) is 5.75 Å². The van der Waals surface area contributed by atoms with Gasteiger partial charge in [0.05, 0.1) is 25.0 Å². The Bertz CT molecular complexity index is 1050. The first-order valence-electron chi connectivity index (χ1n) is 11.9. The van der Waals surface area contributed by atoms with Gasteiger partial charge in [0.2, 0.25) is 5.91 Å². The van der Waals surface area contributed by atoms with Crippen LogP contribution in [0.5, 0.6) is 5.75 Å². The molecule has 2 unspecified atom stereocenters. The molecule has 2 aliphatic rings. The van der Waals surface area contributed by atoms with Gasteiger partial charge in [0.1, 0.15) is 5.75 Å². The molecule has 2 aromatic rings. The minimum Gasteiger partial charge on any atom is -0.493 e. The van der Waals surface area contributed by atoms with Crippen molar-refractivity contribution in [3.63, 3.8) is 0 Å². The van der Waals surface area contributed by atoms with Gasteiger partial charge in [-0.2, -0.15) is 0 Å². The van der Waals surface area contributed by atoms with Crippen molar-refractivity contribution >= 4 is 17.6 Å². The van der Waals surface area contributed by atoms with Gasteiger partial charge in [0, 0.05) is 23.7 Å². The number of anilines is 1. The molecule has 180 valence electrons. The van der Waals surface area contributed by atoms with E-state index in [1.54, 1.807) is 0 Å². The second-order valence-electron chi connectivity index (χ2n) is 9.79. The minimum absolute atomic E-state index is 0.0952. The topological polar surface area (TPSA) is 67.9 Å². The number of hydrogen-bond acceptors (Lipinski definition) is 5. The van der Waals surface area contributed by atoms with Gasteiger partial charge < -0.3 is 19.7 Å². The minimum atomic E-state index is -0.474. The van der Waals surface area contributed by atoms with Gasteiger partial charge >= 0.3 is 5.97 Å². The monoisotopic (exact) mass is 462 g/mol. The summed E-state index contributed by atoms with van der Waals surface area (Å²) >= 11 is 0. The number of para-hydroxylation sites is 1. The lowest BCUT2D eigenvalue weighted by Gasteiger charge is -2.24. The van der Waals surface area contributed by atoms with Crippen molar-refractivity contribution in [2.45, 2.75) is 32.1 Å². The Kier molecular flexibility index (Phi) is 7.37. The van der Waals surface area contributed by atoms with Crippen LogP contribution in [0.25, 0.3) is 0 Å². The quantitative estimate of drug-likeness (QED) is 0.325. The number of allylic oxidation sites excluding steroid dienone is 1. The van der Waals surface area contributed by atoms with E-state index in [-0.39, 0.29) is 24.2 Å². The van der Waals surface area contributed by atoms with E-state index in [9.17, 15) is 9.59 Å². The summed E-state index contributed by atoms with van der Waals surface area (Å²) in [5.41, 5.74) is 3.32. The number of esters is 1. The second-order valence-corrected chi connectivity index (χ2v) is 9.79. The number of carbonyl (C=O) groups excluding carboxylic acids is 2. The number of cyclic esters (lactones) is 1. The predicted octanol–water partition coefficient (Wildman–Crippen LogP) is 4.25. The normalized spacial score (nSPS) is 21.4. The highest BCUT2D eigenvalue weighted by atomic mass is 16.5. The van der Waals surface area contributed by atoms with Gasteiger partial charge in [0.25, 0.3) is 0 Å². The number of rotatable bonds is 10. The lowest BCUT2D eigenvalue weighted by Crippen LogP contribution is -2.31. The zero-order chi connectivity index (χ0) is 24.1. The van der Waals surface area contributed by atoms with Crippen molar-refractivity contribution in [1.82, 2.24) is 4.90 Å². The van der Waals surface area contributed by atoms with Crippen LogP contribution in [0, 0.1) is 11.3 Å². The highest BCUT2D eigenvalue weighted by Crippen LogP contribution is 2.52. The summed E-state index contributed by atoms with van der Waals surface area (Å²) in [7, 11) is 4.07. The summed E-state index contributed by atoms with van der Waals surface area (Å²) in [6, 6.07) is 15.4. The molecule has 1 aliphatic heterocycles. The molecular formula is C28H34N2O4. The lowest BCUT2D eigenvalue weighted by atomic mass is 9.75. The van der Waals surface area contributed by atoms with Crippen molar-refractivity contribution < 1.29 is 19.1 Å². The van der Waals surface area contributed by atoms with Crippen LogP contribution in [-0.4, -0.2) is 50.6 Å². The SMILES string of the molecule is C=C1CC2COC(=O)C2(Cc2ccc(NC(=O)Cc3ccccc3OCCCN(C)C)cc2)C1. The van der Waals surface area contributed by atoms with Gasteiger partial charge in [-0.15, -0.1) is 0 Å². The number of amides is 1. The number of fused-ring (bicyclic) bond motifs is 1. The Morgan fingerprint density at radius 2 is 1.97 bits per heavy atom. The largest absolute Gasteiger partial charge is 0.493 e. The van der Waals surface area contributed by atoms with Crippen LogP contribution in [0.4, 0.5) is 5.69 Å². The molecule has 0 bridgehead atoms. The zero-order valence-electron chi connectivity index (χ0n) is 20.1. The highest BCUT2D eigenvalue weighted by Gasteiger charge is 2.55. The molecule has 34 heavy (non-hydrogen) atoms. The van der Waals surface area contributed by atoms with Crippen LogP contribution in [0.15, 0.2) is 60.7 Å². The second kappa shape index (κ2) is 10.4. The van der Waals surface area contributed by atoms with Gasteiger partial charge in [-0.3, -0.25) is 9.59 Å². The van der Waals surface area contributed by atoms with Gasteiger partial charge in [-0.25, -0.2) is 0 Å². The number of nitrogens with zero attached hydrogens (tertiary/aromatic N) is 1. The highest BCUT2D eigenvalue weighted by molar-refractivity contribution is 5.92. The van der Waals surface area contributed by atoms with Gasteiger partial charge in [-0.1, -0.05) is 42.5 Å². The molecule has 1 saturated heterocycles. The average molecular weight is 463 g/mol. The lowest BCUT2D eigenvalue weighted by molar-refractivity contribution is -0.146.